The lowest BCUT2D eigenvalue weighted by Crippen LogP contribution is -2.23. The van der Waals surface area contributed by atoms with Gasteiger partial charge in [0.15, 0.2) is 0 Å². The molecule has 0 saturated heterocycles. The number of H-pyrrole nitrogens is 1. The van der Waals surface area contributed by atoms with Crippen LogP contribution >= 0.6 is 0 Å². The Hall–Kier alpha value is -1.66. The Morgan fingerprint density at radius 1 is 1.53 bits per heavy atom. The van der Waals surface area contributed by atoms with E-state index in [1.165, 1.54) is 19.4 Å². The number of hydrogen-bond donors (Lipinski definition) is 3. The van der Waals surface area contributed by atoms with E-state index in [2.05, 4.69) is 9.72 Å². The van der Waals surface area contributed by atoms with Crippen LogP contribution in [0, 0.1) is 6.92 Å². The molecule has 0 aliphatic heterocycles. The second kappa shape index (κ2) is 5.60. The number of hydrogen-bond acceptors (Lipinski definition) is 5. The van der Waals surface area contributed by atoms with Crippen LogP contribution in [0.1, 0.15) is 23.7 Å². The highest BCUT2D eigenvalue weighted by Crippen LogP contribution is 2.18. The monoisotopic (exact) mass is 241 g/mol. The molecular formula is C11H15NO5. The normalized spacial score (nSPS) is 14.1. The zero-order valence-corrected chi connectivity index (χ0v) is 9.64. The maximum Gasteiger partial charge on any atom is 0.308 e. The van der Waals surface area contributed by atoms with Crippen molar-refractivity contribution in [1.29, 1.82) is 0 Å². The first-order valence-electron chi connectivity index (χ1n) is 5.08. The summed E-state index contributed by atoms with van der Waals surface area (Å²) in [5.41, 5.74) is 0.508. The Balaban J connectivity index is 2.81. The Kier molecular flexibility index (Phi) is 4.42. The van der Waals surface area contributed by atoms with Crippen LogP contribution in [0.25, 0.3) is 0 Å². The molecule has 0 bridgehead atoms. The summed E-state index contributed by atoms with van der Waals surface area (Å²) in [4.78, 5) is 24.5. The third kappa shape index (κ3) is 3.40. The van der Waals surface area contributed by atoms with Gasteiger partial charge in [-0.25, -0.2) is 0 Å². The molecule has 0 amide bonds. The van der Waals surface area contributed by atoms with Crippen molar-refractivity contribution in [2.24, 2.45) is 0 Å². The van der Waals surface area contributed by atoms with E-state index in [1.807, 2.05) is 0 Å². The average Bonchev–Trinajstić information content (AvgIpc) is 2.31. The molecule has 0 aliphatic rings. The van der Waals surface area contributed by atoms with Gasteiger partial charge in [0.25, 0.3) is 5.56 Å². The number of methoxy groups -OCH3 is 1. The molecule has 0 aromatic carbocycles. The quantitative estimate of drug-likeness (QED) is 0.625. The van der Waals surface area contributed by atoms with Gasteiger partial charge in [0.05, 0.1) is 19.6 Å². The first kappa shape index (κ1) is 13.4. The molecule has 94 valence electrons. The van der Waals surface area contributed by atoms with Crippen LogP contribution in [0.3, 0.4) is 0 Å². The van der Waals surface area contributed by atoms with Gasteiger partial charge in [-0.15, -0.1) is 0 Å². The first-order valence-corrected chi connectivity index (χ1v) is 5.08. The molecule has 2 atom stereocenters. The molecule has 6 heteroatoms. The van der Waals surface area contributed by atoms with Crippen molar-refractivity contribution >= 4 is 5.97 Å². The Labute approximate surface area is 97.9 Å². The second-order valence-electron chi connectivity index (χ2n) is 3.74. The van der Waals surface area contributed by atoms with Gasteiger partial charge < -0.3 is 19.9 Å². The van der Waals surface area contributed by atoms with Crippen LogP contribution in [0.4, 0.5) is 0 Å². The molecule has 1 rings (SSSR count). The largest absolute Gasteiger partial charge is 0.469 e. The van der Waals surface area contributed by atoms with Crippen LogP contribution < -0.4 is 5.56 Å². The van der Waals surface area contributed by atoms with Gasteiger partial charge in [-0.05, 0) is 18.6 Å². The summed E-state index contributed by atoms with van der Waals surface area (Å²) in [5, 5.41) is 19.4. The molecule has 1 aromatic rings. The molecular weight excluding hydrogens is 226 g/mol. The number of carbonyl (C=O) groups is 1. The van der Waals surface area contributed by atoms with Gasteiger partial charge in [0, 0.05) is 11.8 Å². The third-order valence-corrected chi connectivity index (χ3v) is 2.42. The summed E-state index contributed by atoms with van der Waals surface area (Å²) in [7, 11) is 1.20. The molecule has 0 radical (unpaired) electrons. The van der Waals surface area contributed by atoms with E-state index in [0.717, 1.165) is 0 Å². The number of aryl methyl sites for hydroxylation is 1. The maximum absolute atomic E-state index is 11.1. The third-order valence-electron chi connectivity index (χ3n) is 2.42. The van der Waals surface area contributed by atoms with E-state index in [4.69, 9.17) is 0 Å². The number of rotatable bonds is 4. The minimum atomic E-state index is -1.27. The zero-order valence-electron chi connectivity index (χ0n) is 9.64. The number of carbonyl (C=O) groups excluding carboxylic acids is 1. The minimum absolute atomic E-state index is 0.261. The van der Waals surface area contributed by atoms with E-state index in [0.29, 0.717) is 11.1 Å². The number of ether oxygens (including phenoxy) is 1. The molecule has 1 aromatic heterocycles. The van der Waals surface area contributed by atoms with Gasteiger partial charge >= 0.3 is 5.97 Å². The zero-order chi connectivity index (χ0) is 13.0. The van der Waals surface area contributed by atoms with Crippen LogP contribution in [0.2, 0.25) is 0 Å². The van der Waals surface area contributed by atoms with Gasteiger partial charge in [0.1, 0.15) is 6.10 Å². The Morgan fingerprint density at radius 3 is 2.71 bits per heavy atom. The van der Waals surface area contributed by atoms with Crippen molar-refractivity contribution in [3.8, 4) is 0 Å². The van der Waals surface area contributed by atoms with Gasteiger partial charge in [0.2, 0.25) is 0 Å². The predicted octanol–water partition coefficient (Wildman–Crippen LogP) is -0.359. The lowest BCUT2D eigenvalue weighted by atomic mass is 10.0. The summed E-state index contributed by atoms with van der Waals surface area (Å²) in [6, 6.07) is 1.46. The molecule has 17 heavy (non-hydrogen) atoms. The van der Waals surface area contributed by atoms with Crippen molar-refractivity contribution in [2.45, 2.75) is 25.6 Å². The number of aliphatic hydroxyl groups excluding tert-OH is 2. The maximum atomic E-state index is 11.1. The van der Waals surface area contributed by atoms with Crippen molar-refractivity contribution in [2.75, 3.05) is 7.11 Å². The fraction of sp³-hybridized carbons (Fsp3) is 0.455. The van der Waals surface area contributed by atoms with Gasteiger partial charge in [-0.1, -0.05) is 0 Å². The number of esters is 1. The van der Waals surface area contributed by atoms with Gasteiger partial charge in [-0.2, -0.15) is 0 Å². The second-order valence-corrected chi connectivity index (χ2v) is 3.74. The summed E-state index contributed by atoms with van der Waals surface area (Å²) in [5.74, 6) is -0.613. The lowest BCUT2D eigenvalue weighted by Gasteiger charge is -2.17. The van der Waals surface area contributed by atoms with E-state index in [9.17, 15) is 19.8 Å². The molecule has 0 saturated carbocycles. The minimum Gasteiger partial charge on any atom is -0.469 e. The number of nitrogens with one attached hydrogen (secondary N) is 1. The molecule has 0 fully saturated rings. The molecule has 0 aliphatic carbocycles. The summed E-state index contributed by atoms with van der Waals surface area (Å²) >= 11 is 0. The first-order chi connectivity index (χ1) is 7.95. The number of aromatic nitrogens is 1. The molecule has 6 nitrogen and oxygen atoms in total. The smallest absolute Gasteiger partial charge is 0.308 e. The van der Waals surface area contributed by atoms with Crippen LogP contribution in [-0.2, 0) is 9.53 Å². The van der Waals surface area contributed by atoms with Gasteiger partial charge in [-0.3, -0.25) is 9.59 Å². The van der Waals surface area contributed by atoms with E-state index >= 15 is 0 Å². The fourth-order valence-corrected chi connectivity index (χ4v) is 1.38. The summed E-state index contributed by atoms with van der Waals surface area (Å²) in [6.07, 6.45) is -1.52. The van der Waals surface area contributed by atoms with Crippen LogP contribution in [0.5, 0.6) is 0 Å². The van der Waals surface area contributed by atoms with Crippen LogP contribution in [-0.4, -0.2) is 34.4 Å². The SMILES string of the molecule is COC(=O)CC(O)C(O)c1c[nH]c(=O)c(C)c1. The van der Waals surface area contributed by atoms with E-state index in [-0.39, 0.29) is 12.0 Å². The molecule has 2 unspecified atom stereocenters. The highest BCUT2D eigenvalue weighted by molar-refractivity contribution is 5.69. The van der Waals surface area contributed by atoms with Crippen LogP contribution in [0.15, 0.2) is 17.1 Å². The highest BCUT2D eigenvalue weighted by atomic mass is 16.5. The topological polar surface area (TPSA) is 99.6 Å². The summed E-state index contributed by atoms with van der Waals surface area (Å²) < 4.78 is 4.38. The Morgan fingerprint density at radius 2 is 2.18 bits per heavy atom. The lowest BCUT2D eigenvalue weighted by molar-refractivity contribution is -0.144. The fourth-order valence-electron chi connectivity index (χ4n) is 1.38. The summed E-state index contributed by atoms with van der Waals surface area (Å²) in [6.45, 7) is 1.59. The van der Waals surface area contributed by atoms with Crippen molar-refractivity contribution in [3.63, 3.8) is 0 Å². The molecule has 3 N–H and O–H groups in total. The van der Waals surface area contributed by atoms with Crippen molar-refractivity contribution < 1.29 is 19.7 Å². The Bertz CT molecular complexity index is 453. The number of aromatic amines is 1. The van der Waals surface area contributed by atoms with Crippen molar-refractivity contribution in [3.05, 3.63) is 33.7 Å². The average molecular weight is 241 g/mol. The number of pyridine rings is 1. The molecule has 0 spiro atoms. The predicted molar refractivity (Wildman–Crippen MR) is 59.4 cm³/mol. The van der Waals surface area contributed by atoms with Crippen molar-refractivity contribution in [1.82, 2.24) is 4.98 Å². The molecule has 1 heterocycles. The van der Waals surface area contributed by atoms with E-state index in [1.54, 1.807) is 6.92 Å². The highest BCUT2D eigenvalue weighted by Gasteiger charge is 2.22. The van der Waals surface area contributed by atoms with E-state index < -0.39 is 18.2 Å². The standard InChI is InChI=1S/C11H15NO5/c1-6-3-7(5-12-11(6)16)10(15)8(13)4-9(14)17-2/h3,5,8,10,13,15H,4H2,1-2H3,(H,12,16). The number of aliphatic hydroxyl groups is 2.